The Bertz CT molecular complexity index is 944. The van der Waals surface area contributed by atoms with Crippen LogP contribution in [0.4, 0.5) is 5.69 Å². The van der Waals surface area contributed by atoms with E-state index in [1.54, 1.807) is 26.2 Å². The van der Waals surface area contributed by atoms with Crippen molar-refractivity contribution in [3.05, 3.63) is 46.2 Å². The number of rotatable bonds is 9. The first-order valence-corrected chi connectivity index (χ1v) is 9.25. The summed E-state index contributed by atoms with van der Waals surface area (Å²) < 4.78 is 8.89. The van der Waals surface area contributed by atoms with E-state index >= 15 is 0 Å². The fraction of sp³-hybridized carbons (Fsp3) is 0.474. The summed E-state index contributed by atoms with van der Waals surface area (Å²) in [6, 6.07) is 3.64. The number of nitrogens with one attached hydrogen (secondary N) is 3. The van der Waals surface area contributed by atoms with Crippen LogP contribution in [-0.4, -0.2) is 45.5 Å². The summed E-state index contributed by atoms with van der Waals surface area (Å²) in [7, 11) is 5.30. The Hall–Kier alpha value is -3.10. The summed E-state index contributed by atoms with van der Waals surface area (Å²) in [5.41, 5.74) is 2.45. The Morgan fingerprint density at radius 3 is 2.89 bits per heavy atom. The summed E-state index contributed by atoms with van der Waals surface area (Å²) in [5.74, 6) is 1.23. The van der Waals surface area contributed by atoms with Crippen LogP contribution in [0.3, 0.4) is 0 Å². The third kappa shape index (κ3) is 4.79. The van der Waals surface area contributed by atoms with E-state index in [9.17, 15) is 4.79 Å². The molecule has 0 unspecified atom stereocenters. The van der Waals surface area contributed by atoms with Crippen molar-refractivity contribution in [2.24, 2.45) is 20.0 Å². The van der Waals surface area contributed by atoms with Crippen molar-refractivity contribution in [2.75, 3.05) is 25.5 Å². The van der Waals surface area contributed by atoms with E-state index in [0.717, 1.165) is 17.8 Å². The maximum Gasteiger partial charge on any atom is 0.290 e. The Morgan fingerprint density at radius 2 is 2.21 bits per heavy atom. The number of aryl methyl sites for hydroxylation is 2. The molecule has 3 rings (SSSR count). The molecule has 0 spiro atoms. The van der Waals surface area contributed by atoms with E-state index < -0.39 is 0 Å². The highest BCUT2D eigenvalue weighted by Gasteiger charge is 2.40. The number of ether oxygens (including phenoxy) is 1. The van der Waals surface area contributed by atoms with Crippen LogP contribution < -0.4 is 20.9 Å². The number of allylic oxidation sites excluding steroid dienone is 1. The van der Waals surface area contributed by atoms with Crippen LogP contribution in [0.15, 0.2) is 34.9 Å². The molecule has 0 aliphatic heterocycles. The van der Waals surface area contributed by atoms with Gasteiger partial charge in [-0.1, -0.05) is 0 Å². The van der Waals surface area contributed by atoms with Gasteiger partial charge in [-0.15, -0.1) is 5.10 Å². The number of hydrogen-bond donors (Lipinski definition) is 3. The summed E-state index contributed by atoms with van der Waals surface area (Å²) in [6.45, 7) is 2.65. The lowest BCUT2D eigenvalue weighted by atomic mass is 10.2. The van der Waals surface area contributed by atoms with Gasteiger partial charge < -0.3 is 20.8 Å². The molecule has 9 nitrogen and oxygen atoms in total. The Balaban J connectivity index is 1.59. The van der Waals surface area contributed by atoms with Crippen molar-refractivity contribution < 1.29 is 4.74 Å². The zero-order valence-electron chi connectivity index (χ0n) is 16.7. The van der Waals surface area contributed by atoms with E-state index in [0.29, 0.717) is 35.7 Å². The van der Waals surface area contributed by atoms with Crippen LogP contribution in [-0.2, 0) is 14.1 Å². The molecule has 1 aliphatic carbocycles. The van der Waals surface area contributed by atoms with E-state index in [1.807, 2.05) is 30.9 Å². The molecule has 2 aromatic heterocycles. The summed E-state index contributed by atoms with van der Waals surface area (Å²) in [4.78, 5) is 12.3. The molecule has 2 atom stereocenters. The molecule has 0 saturated heterocycles. The first-order chi connectivity index (χ1) is 13.4. The van der Waals surface area contributed by atoms with Gasteiger partial charge >= 0.3 is 0 Å². The molecule has 1 saturated carbocycles. The van der Waals surface area contributed by atoms with Crippen molar-refractivity contribution in [1.82, 2.24) is 24.9 Å². The van der Waals surface area contributed by atoms with Crippen molar-refractivity contribution in [3.8, 4) is 5.88 Å². The average molecular weight is 385 g/mol. The predicted octanol–water partition coefficient (Wildman–Crippen LogP) is 1.25. The molecule has 150 valence electrons. The second kappa shape index (κ2) is 8.28. The first-order valence-electron chi connectivity index (χ1n) is 9.25. The van der Waals surface area contributed by atoms with Gasteiger partial charge in [0.2, 0.25) is 5.88 Å². The molecule has 3 N–H and O–H groups in total. The van der Waals surface area contributed by atoms with Gasteiger partial charge in [0.1, 0.15) is 5.69 Å². The van der Waals surface area contributed by atoms with E-state index in [2.05, 4.69) is 20.8 Å². The van der Waals surface area contributed by atoms with Crippen LogP contribution in [0.5, 0.6) is 5.88 Å². The van der Waals surface area contributed by atoms with Gasteiger partial charge in [-0.25, -0.2) is 4.68 Å². The second-order valence-corrected chi connectivity index (χ2v) is 7.11. The van der Waals surface area contributed by atoms with Gasteiger partial charge in [-0.05, 0) is 25.5 Å². The van der Waals surface area contributed by atoms with E-state index in [1.165, 1.54) is 4.68 Å². The standard InChI is InChI=1S/C19H27N7O2/c1-12(21-2)7-14(20)10-22-17-9-18(24-26(4)19(17)27)28-11-13-8-15(13)16-5-6-25(3)23-16/h5-7,9,13,15,20-22H,8,10-11H2,1-4H3/b12-7-,20-14?/t13-,15+/m1/s1. The number of anilines is 1. The summed E-state index contributed by atoms with van der Waals surface area (Å²) in [6.07, 6.45) is 4.70. The molecule has 0 radical (unpaired) electrons. The van der Waals surface area contributed by atoms with Crippen LogP contribution in [0, 0.1) is 11.3 Å². The lowest BCUT2D eigenvalue weighted by Crippen LogP contribution is -2.26. The largest absolute Gasteiger partial charge is 0.476 e. The average Bonchev–Trinajstić information content (AvgIpc) is 3.32. The smallest absolute Gasteiger partial charge is 0.290 e. The zero-order chi connectivity index (χ0) is 20.3. The molecule has 0 aromatic carbocycles. The molecular weight excluding hydrogens is 358 g/mol. The van der Waals surface area contributed by atoms with Crippen LogP contribution in [0.2, 0.25) is 0 Å². The maximum absolute atomic E-state index is 12.3. The normalized spacial score (nSPS) is 18.6. The molecule has 2 aromatic rings. The minimum atomic E-state index is -0.257. The third-order valence-electron chi connectivity index (χ3n) is 4.78. The molecule has 2 heterocycles. The van der Waals surface area contributed by atoms with Gasteiger partial charge in [-0.2, -0.15) is 5.10 Å². The monoisotopic (exact) mass is 385 g/mol. The molecule has 28 heavy (non-hydrogen) atoms. The minimum Gasteiger partial charge on any atom is -0.476 e. The number of aromatic nitrogens is 4. The quantitative estimate of drug-likeness (QED) is 0.561. The molecule has 0 amide bonds. The van der Waals surface area contributed by atoms with Gasteiger partial charge in [0.05, 0.1) is 24.6 Å². The van der Waals surface area contributed by atoms with Gasteiger partial charge in [0, 0.05) is 50.9 Å². The zero-order valence-corrected chi connectivity index (χ0v) is 16.7. The molecular formula is C19H27N7O2. The molecule has 9 heteroatoms. The van der Waals surface area contributed by atoms with Gasteiger partial charge in [0.25, 0.3) is 5.56 Å². The first kappa shape index (κ1) is 19.7. The van der Waals surface area contributed by atoms with Crippen molar-refractivity contribution in [2.45, 2.75) is 19.3 Å². The second-order valence-electron chi connectivity index (χ2n) is 7.11. The SMILES string of the molecule is CN/C(C)=C\C(=N)CNc1cc(OC[C@H]2C[C@@H]2c2ccn(C)n2)nn(C)c1=O. The molecule has 1 fully saturated rings. The van der Waals surface area contributed by atoms with Crippen LogP contribution >= 0.6 is 0 Å². The van der Waals surface area contributed by atoms with Crippen molar-refractivity contribution in [1.29, 1.82) is 5.41 Å². The lowest BCUT2D eigenvalue weighted by molar-refractivity contribution is 0.278. The van der Waals surface area contributed by atoms with Gasteiger partial charge in [-0.3, -0.25) is 9.48 Å². The highest BCUT2D eigenvalue weighted by atomic mass is 16.5. The van der Waals surface area contributed by atoms with Crippen molar-refractivity contribution in [3.63, 3.8) is 0 Å². The van der Waals surface area contributed by atoms with E-state index in [-0.39, 0.29) is 12.1 Å². The third-order valence-corrected chi connectivity index (χ3v) is 4.78. The van der Waals surface area contributed by atoms with Crippen LogP contribution in [0.1, 0.15) is 25.0 Å². The fourth-order valence-electron chi connectivity index (χ4n) is 2.97. The Kier molecular flexibility index (Phi) is 5.81. The molecule has 1 aliphatic rings. The fourth-order valence-corrected chi connectivity index (χ4v) is 2.97. The highest BCUT2D eigenvalue weighted by molar-refractivity contribution is 5.95. The predicted molar refractivity (Wildman–Crippen MR) is 108 cm³/mol. The number of hydrogen-bond acceptors (Lipinski definition) is 7. The molecule has 0 bridgehead atoms. The topological polar surface area (TPSA) is 110 Å². The summed E-state index contributed by atoms with van der Waals surface area (Å²) in [5, 5.41) is 22.5. The van der Waals surface area contributed by atoms with Crippen molar-refractivity contribution >= 4 is 11.4 Å². The number of nitrogens with zero attached hydrogens (tertiary/aromatic N) is 4. The van der Waals surface area contributed by atoms with Gasteiger partial charge in [0.15, 0.2) is 0 Å². The highest BCUT2D eigenvalue weighted by Crippen LogP contribution is 2.46. The van der Waals surface area contributed by atoms with E-state index in [4.69, 9.17) is 10.1 Å². The lowest BCUT2D eigenvalue weighted by Gasteiger charge is -2.10. The summed E-state index contributed by atoms with van der Waals surface area (Å²) >= 11 is 0. The van der Waals surface area contributed by atoms with Crippen LogP contribution in [0.25, 0.3) is 0 Å². The minimum absolute atomic E-state index is 0.238. The Labute approximate surface area is 163 Å². The maximum atomic E-state index is 12.3. The Morgan fingerprint density at radius 1 is 1.43 bits per heavy atom.